The van der Waals surface area contributed by atoms with Gasteiger partial charge in [-0.25, -0.2) is 21.9 Å². The fourth-order valence-electron chi connectivity index (χ4n) is 3.65. The van der Waals surface area contributed by atoms with Gasteiger partial charge in [0.15, 0.2) is 0 Å². The van der Waals surface area contributed by atoms with Crippen molar-refractivity contribution >= 4 is 10.0 Å². The maximum absolute atomic E-state index is 14.3. The molecule has 26 heavy (non-hydrogen) atoms. The average molecular weight is 379 g/mol. The maximum atomic E-state index is 14.3. The minimum absolute atomic E-state index is 0.0699. The highest BCUT2D eigenvalue weighted by Gasteiger charge is 2.62. The van der Waals surface area contributed by atoms with Crippen LogP contribution in [0.2, 0.25) is 0 Å². The smallest absolute Gasteiger partial charge is 0.210 e. The molecule has 0 aliphatic heterocycles. The molecule has 0 heterocycles. The number of sulfonamides is 1. The summed E-state index contributed by atoms with van der Waals surface area (Å²) in [5.74, 6) is -1.28. The van der Waals surface area contributed by atoms with E-state index in [0.717, 1.165) is 18.1 Å². The number of halogens is 2. The highest BCUT2D eigenvalue weighted by Crippen LogP contribution is 2.64. The minimum Gasteiger partial charge on any atom is -0.210 e. The molecule has 3 rings (SSSR count). The van der Waals surface area contributed by atoms with Crippen molar-refractivity contribution in [1.29, 1.82) is 0 Å². The van der Waals surface area contributed by atoms with E-state index < -0.39 is 27.1 Å². The van der Waals surface area contributed by atoms with Crippen LogP contribution in [0.5, 0.6) is 0 Å². The minimum atomic E-state index is -3.70. The zero-order chi connectivity index (χ0) is 19.2. The number of aryl methyl sites for hydroxylation is 1. The Hall–Kier alpha value is -1.79. The van der Waals surface area contributed by atoms with Gasteiger partial charge < -0.3 is 0 Å². The predicted octanol–water partition coefficient (Wildman–Crippen LogP) is 4.17. The Morgan fingerprint density at radius 1 is 1.08 bits per heavy atom. The Bertz CT molecular complexity index is 923. The van der Waals surface area contributed by atoms with Crippen LogP contribution in [0, 0.1) is 17.0 Å². The molecule has 2 aromatic carbocycles. The summed E-state index contributed by atoms with van der Waals surface area (Å²) in [4.78, 5) is 0.183. The van der Waals surface area contributed by atoms with E-state index in [-0.39, 0.29) is 16.9 Å². The van der Waals surface area contributed by atoms with E-state index in [1.54, 1.807) is 24.3 Å². The first-order valence-corrected chi connectivity index (χ1v) is 10.1. The Morgan fingerprint density at radius 2 is 1.69 bits per heavy atom. The molecule has 0 aromatic heterocycles. The molecule has 140 valence electrons. The maximum Gasteiger partial charge on any atom is 0.240 e. The molecule has 0 spiro atoms. The Morgan fingerprint density at radius 3 is 2.19 bits per heavy atom. The molecular weight excluding hydrogens is 356 g/mol. The zero-order valence-electron chi connectivity index (χ0n) is 15.1. The van der Waals surface area contributed by atoms with Crippen LogP contribution < -0.4 is 4.72 Å². The highest BCUT2D eigenvalue weighted by atomic mass is 32.2. The molecule has 3 nitrogen and oxygen atoms in total. The van der Waals surface area contributed by atoms with E-state index in [0.29, 0.717) is 12.0 Å². The summed E-state index contributed by atoms with van der Waals surface area (Å²) in [6.45, 7) is 5.98. The van der Waals surface area contributed by atoms with E-state index in [4.69, 9.17) is 0 Å². The lowest BCUT2D eigenvalue weighted by molar-refractivity contribution is 0.459. The van der Waals surface area contributed by atoms with Crippen molar-refractivity contribution in [3.8, 4) is 0 Å². The Balaban J connectivity index is 1.85. The summed E-state index contributed by atoms with van der Waals surface area (Å²) >= 11 is 0. The molecule has 1 aliphatic rings. The Kier molecular flexibility index (Phi) is 4.69. The van der Waals surface area contributed by atoms with Gasteiger partial charge in [0.1, 0.15) is 11.6 Å². The number of benzene rings is 2. The summed E-state index contributed by atoms with van der Waals surface area (Å²) < 4.78 is 55.5. The molecule has 1 saturated carbocycles. The fraction of sp³-hybridized carbons (Fsp3) is 0.400. The van der Waals surface area contributed by atoms with Crippen LogP contribution in [-0.4, -0.2) is 15.0 Å². The van der Waals surface area contributed by atoms with Gasteiger partial charge in [0.25, 0.3) is 0 Å². The summed E-state index contributed by atoms with van der Waals surface area (Å²) in [6, 6.07) is 10.2. The van der Waals surface area contributed by atoms with Gasteiger partial charge in [-0.3, -0.25) is 0 Å². The molecule has 1 aliphatic carbocycles. The van der Waals surface area contributed by atoms with Crippen LogP contribution in [0.1, 0.15) is 38.3 Å². The van der Waals surface area contributed by atoms with Crippen molar-refractivity contribution in [2.24, 2.45) is 5.41 Å². The second-order valence-electron chi connectivity index (χ2n) is 7.59. The van der Waals surface area contributed by atoms with Crippen molar-refractivity contribution in [1.82, 2.24) is 4.72 Å². The number of nitrogens with one attached hydrogen (secondary N) is 1. The van der Waals surface area contributed by atoms with E-state index in [9.17, 15) is 17.2 Å². The molecule has 1 N–H and O–H groups in total. The molecule has 0 saturated heterocycles. The normalized spacial score (nSPS) is 21.6. The molecule has 6 heteroatoms. The largest absolute Gasteiger partial charge is 0.240 e. The van der Waals surface area contributed by atoms with E-state index in [1.807, 2.05) is 20.8 Å². The van der Waals surface area contributed by atoms with Crippen molar-refractivity contribution in [3.63, 3.8) is 0 Å². The highest BCUT2D eigenvalue weighted by molar-refractivity contribution is 7.89. The van der Waals surface area contributed by atoms with Crippen molar-refractivity contribution in [2.75, 3.05) is 6.54 Å². The topological polar surface area (TPSA) is 46.2 Å². The molecule has 0 radical (unpaired) electrons. The molecule has 2 aromatic rings. The summed E-state index contributed by atoms with van der Waals surface area (Å²) in [5, 5.41) is 0. The predicted molar refractivity (Wildman–Crippen MR) is 97.4 cm³/mol. The lowest BCUT2D eigenvalue weighted by Crippen LogP contribution is -2.35. The molecular formula is C20H23F2NO2S. The molecule has 0 bridgehead atoms. The third kappa shape index (κ3) is 3.28. The van der Waals surface area contributed by atoms with Crippen LogP contribution >= 0.6 is 0 Å². The van der Waals surface area contributed by atoms with E-state index in [2.05, 4.69) is 4.72 Å². The molecule has 0 amide bonds. The third-order valence-corrected chi connectivity index (χ3v) is 6.98. The SMILES string of the molecule is CCc1ccc(S(=O)(=O)NCC2(c3ccc(F)cc3F)CC2(C)C)cc1. The second-order valence-corrected chi connectivity index (χ2v) is 9.36. The van der Waals surface area contributed by atoms with E-state index in [1.165, 1.54) is 12.1 Å². The summed E-state index contributed by atoms with van der Waals surface area (Å²) in [5.41, 5.74) is 0.451. The quantitative estimate of drug-likeness (QED) is 0.819. The number of hydrogen-bond acceptors (Lipinski definition) is 2. The number of rotatable bonds is 6. The van der Waals surface area contributed by atoms with Gasteiger partial charge in [-0.1, -0.05) is 39.0 Å². The molecule has 1 unspecified atom stereocenters. The fourth-order valence-corrected chi connectivity index (χ4v) is 4.75. The van der Waals surface area contributed by atoms with Gasteiger partial charge in [-0.2, -0.15) is 0 Å². The number of hydrogen-bond donors (Lipinski definition) is 1. The standard InChI is InChI=1S/C20H23F2NO2S/c1-4-14-5-8-16(9-6-14)26(24,25)23-13-20(12-19(20,2)3)17-10-7-15(21)11-18(17)22/h5-11,23H,4,12-13H2,1-3H3. The van der Waals surface area contributed by atoms with Gasteiger partial charge in [0.2, 0.25) is 10.0 Å². The first kappa shape index (κ1) is 19.0. The van der Waals surface area contributed by atoms with Crippen LogP contribution in [-0.2, 0) is 21.9 Å². The van der Waals surface area contributed by atoms with Gasteiger partial charge in [-0.15, -0.1) is 0 Å². The zero-order valence-corrected chi connectivity index (χ0v) is 16.0. The van der Waals surface area contributed by atoms with Crippen LogP contribution in [0.4, 0.5) is 8.78 Å². The van der Waals surface area contributed by atoms with Crippen molar-refractivity contribution in [2.45, 2.75) is 43.9 Å². The van der Waals surface area contributed by atoms with Gasteiger partial charge in [-0.05, 0) is 47.6 Å². The lowest BCUT2D eigenvalue weighted by atomic mass is 9.87. The lowest BCUT2D eigenvalue weighted by Gasteiger charge is -2.22. The Labute approximate surface area is 153 Å². The summed E-state index contributed by atoms with van der Waals surface area (Å²) in [7, 11) is -3.70. The second kappa shape index (κ2) is 6.43. The molecule has 1 atom stereocenters. The third-order valence-electron chi connectivity index (χ3n) is 5.57. The van der Waals surface area contributed by atoms with Gasteiger partial charge in [0.05, 0.1) is 4.90 Å². The van der Waals surface area contributed by atoms with Crippen molar-refractivity contribution in [3.05, 3.63) is 65.2 Å². The molecule has 1 fully saturated rings. The van der Waals surface area contributed by atoms with E-state index >= 15 is 0 Å². The van der Waals surface area contributed by atoms with Crippen LogP contribution in [0.15, 0.2) is 47.4 Å². The van der Waals surface area contributed by atoms with Gasteiger partial charge >= 0.3 is 0 Å². The summed E-state index contributed by atoms with van der Waals surface area (Å²) in [6.07, 6.45) is 1.45. The average Bonchev–Trinajstić information content (AvgIpc) is 3.15. The van der Waals surface area contributed by atoms with Crippen LogP contribution in [0.3, 0.4) is 0 Å². The van der Waals surface area contributed by atoms with Crippen molar-refractivity contribution < 1.29 is 17.2 Å². The van der Waals surface area contributed by atoms with Gasteiger partial charge in [0, 0.05) is 18.0 Å². The first-order valence-electron chi connectivity index (χ1n) is 8.65. The first-order chi connectivity index (χ1) is 12.1. The van der Waals surface area contributed by atoms with Crippen LogP contribution in [0.25, 0.3) is 0 Å². The monoisotopic (exact) mass is 379 g/mol.